The number of amides is 3. The molecule has 0 aromatic heterocycles. The zero-order valence-electron chi connectivity index (χ0n) is 24.5. The van der Waals surface area contributed by atoms with Crippen LogP contribution < -0.4 is 21.3 Å². The molecule has 3 fully saturated rings. The molecule has 2 atom stereocenters. The molecule has 8 nitrogen and oxygen atoms in total. The molecule has 0 radical (unpaired) electrons. The van der Waals surface area contributed by atoms with Crippen LogP contribution in [0.1, 0.15) is 71.3 Å². The standard InChI is InChI=1S/C31H48ClN5O3/c1-30(2,3)21-35-29(40)31(23-7-5-4-6-8-23)13-17-37(18-14-31)28(39)25(19-22-9-11-24(32)12-10-22)36-27(38)26-20-33-15-16-34-26/h9-12,23,25-26,33-34H,4-8,13-21H2,1-3H3,(H,35,40)(H,36,38)/t25-,26-/m1/s1. The molecular weight excluding hydrogens is 526 g/mol. The third-order valence-electron chi connectivity index (χ3n) is 8.91. The molecule has 2 saturated heterocycles. The average Bonchev–Trinajstić information content (AvgIpc) is 2.97. The van der Waals surface area contributed by atoms with E-state index in [4.69, 9.17) is 11.6 Å². The van der Waals surface area contributed by atoms with Crippen LogP contribution in [0.2, 0.25) is 5.02 Å². The lowest BCUT2D eigenvalue weighted by Gasteiger charge is -2.47. The van der Waals surface area contributed by atoms with Gasteiger partial charge in [-0.3, -0.25) is 14.4 Å². The summed E-state index contributed by atoms with van der Waals surface area (Å²) in [4.78, 5) is 42.7. The number of piperazine rings is 1. The van der Waals surface area contributed by atoms with Crippen LogP contribution in [0.4, 0.5) is 0 Å². The Bertz CT molecular complexity index is 1000. The van der Waals surface area contributed by atoms with Gasteiger partial charge >= 0.3 is 0 Å². The number of likely N-dealkylation sites (tertiary alicyclic amines) is 1. The van der Waals surface area contributed by atoms with Crippen molar-refractivity contribution >= 4 is 29.3 Å². The summed E-state index contributed by atoms with van der Waals surface area (Å²) in [6.45, 7) is 10.1. The fourth-order valence-electron chi connectivity index (χ4n) is 6.51. The van der Waals surface area contributed by atoms with E-state index in [0.29, 0.717) is 62.9 Å². The van der Waals surface area contributed by atoms with Gasteiger partial charge in [0.15, 0.2) is 0 Å². The van der Waals surface area contributed by atoms with Gasteiger partial charge < -0.3 is 26.2 Å². The molecule has 0 bridgehead atoms. The van der Waals surface area contributed by atoms with Crippen molar-refractivity contribution in [2.45, 2.75) is 84.2 Å². The summed E-state index contributed by atoms with van der Waals surface area (Å²) in [5, 5.41) is 13.4. The number of hydrogen-bond acceptors (Lipinski definition) is 5. The van der Waals surface area contributed by atoms with Gasteiger partial charge in [-0.1, -0.05) is 63.8 Å². The minimum Gasteiger partial charge on any atom is -0.355 e. The fraction of sp³-hybridized carbons (Fsp3) is 0.710. The van der Waals surface area contributed by atoms with E-state index >= 15 is 0 Å². The largest absolute Gasteiger partial charge is 0.355 e. The molecular formula is C31H48ClN5O3. The number of nitrogens with one attached hydrogen (secondary N) is 4. The van der Waals surface area contributed by atoms with Crippen LogP contribution in [-0.4, -0.2) is 74.0 Å². The summed E-state index contributed by atoms with van der Waals surface area (Å²) in [5.41, 5.74) is 0.512. The van der Waals surface area contributed by atoms with Crippen molar-refractivity contribution in [1.29, 1.82) is 0 Å². The molecule has 4 N–H and O–H groups in total. The summed E-state index contributed by atoms with van der Waals surface area (Å²) < 4.78 is 0. The van der Waals surface area contributed by atoms with Gasteiger partial charge in [0.25, 0.3) is 0 Å². The van der Waals surface area contributed by atoms with Crippen LogP contribution in [0.3, 0.4) is 0 Å². The summed E-state index contributed by atoms with van der Waals surface area (Å²) in [5.74, 6) is 0.255. The Morgan fingerprint density at radius 3 is 2.33 bits per heavy atom. The molecule has 0 spiro atoms. The molecule has 222 valence electrons. The number of rotatable bonds is 8. The Morgan fingerprint density at radius 2 is 1.73 bits per heavy atom. The second kappa shape index (κ2) is 13.7. The number of piperidine rings is 1. The third-order valence-corrected chi connectivity index (χ3v) is 9.16. The van der Waals surface area contributed by atoms with Crippen molar-refractivity contribution in [3.05, 3.63) is 34.9 Å². The van der Waals surface area contributed by atoms with Crippen molar-refractivity contribution in [2.24, 2.45) is 16.7 Å². The Labute approximate surface area is 244 Å². The molecule has 1 aliphatic carbocycles. The molecule has 9 heteroatoms. The van der Waals surface area contributed by atoms with Gasteiger partial charge in [-0.2, -0.15) is 0 Å². The molecule has 3 aliphatic rings. The molecule has 4 rings (SSSR count). The summed E-state index contributed by atoms with van der Waals surface area (Å²) >= 11 is 6.09. The van der Waals surface area contributed by atoms with Crippen LogP contribution >= 0.6 is 11.6 Å². The Balaban J connectivity index is 1.48. The van der Waals surface area contributed by atoms with Gasteiger partial charge in [0, 0.05) is 50.7 Å². The highest BCUT2D eigenvalue weighted by atomic mass is 35.5. The van der Waals surface area contributed by atoms with E-state index in [2.05, 4.69) is 42.0 Å². The lowest BCUT2D eigenvalue weighted by atomic mass is 9.63. The topological polar surface area (TPSA) is 103 Å². The van der Waals surface area contributed by atoms with Gasteiger partial charge in [0.1, 0.15) is 6.04 Å². The normalized spacial score (nSPS) is 22.8. The predicted molar refractivity (Wildman–Crippen MR) is 159 cm³/mol. The maximum absolute atomic E-state index is 14.0. The second-order valence-corrected chi connectivity index (χ2v) is 13.6. The van der Waals surface area contributed by atoms with E-state index in [0.717, 1.165) is 24.9 Å². The number of nitrogens with zero attached hydrogens (tertiary/aromatic N) is 1. The first-order valence-corrected chi connectivity index (χ1v) is 15.5. The Morgan fingerprint density at radius 1 is 1.05 bits per heavy atom. The van der Waals surface area contributed by atoms with E-state index in [9.17, 15) is 14.4 Å². The number of benzene rings is 1. The van der Waals surface area contributed by atoms with E-state index < -0.39 is 11.5 Å². The maximum atomic E-state index is 14.0. The van der Waals surface area contributed by atoms with Crippen molar-refractivity contribution in [2.75, 3.05) is 39.3 Å². The van der Waals surface area contributed by atoms with Gasteiger partial charge in [-0.05, 0) is 54.7 Å². The molecule has 2 heterocycles. The monoisotopic (exact) mass is 573 g/mol. The highest BCUT2D eigenvalue weighted by Crippen LogP contribution is 2.46. The van der Waals surface area contributed by atoms with Gasteiger partial charge in [-0.15, -0.1) is 0 Å². The minimum absolute atomic E-state index is 0.00981. The molecule has 2 aliphatic heterocycles. The van der Waals surface area contributed by atoms with Gasteiger partial charge in [0.2, 0.25) is 17.7 Å². The lowest BCUT2D eigenvalue weighted by Crippen LogP contribution is -2.61. The number of hydrogen-bond donors (Lipinski definition) is 4. The van der Waals surface area contributed by atoms with Gasteiger partial charge in [0.05, 0.1) is 11.5 Å². The van der Waals surface area contributed by atoms with Crippen molar-refractivity contribution in [3.63, 3.8) is 0 Å². The Hall–Kier alpha value is -2.16. The zero-order valence-corrected chi connectivity index (χ0v) is 25.2. The molecule has 40 heavy (non-hydrogen) atoms. The van der Waals surface area contributed by atoms with Crippen molar-refractivity contribution in [1.82, 2.24) is 26.2 Å². The minimum atomic E-state index is -0.686. The first-order valence-electron chi connectivity index (χ1n) is 15.1. The van der Waals surface area contributed by atoms with Crippen LogP contribution in [0.15, 0.2) is 24.3 Å². The van der Waals surface area contributed by atoms with E-state index in [1.807, 2.05) is 29.2 Å². The second-order valence-electron chi connectivity index (χ2n) is 13.2. The SMILES string of the molecule is CC(C)(C)CNC(=O)C1(C2CCCCC2)CCN(C(=O)[C@@H](Cc2ccc(Cl)cc2)NC(=O)[C@H]2CNCCN2)CC1. The van der Waals surface area contributed by atoms with E-state index in [-0.39, 0.29) is 29.2 Å². The summed E-state index contributed by atoms with van der Waals surface area (Å²) in [6.07, 6.45) is 7.44. The highest BCUT2D eigenvalue weighted by molar-refractivity contribution is 6.30. The Kier molecular flexibility index (Phi) is 10.5. The molecule has 1 aromatic rings. The maximum Gasteiger partial charge on any atom is 0.245 e. The molecule has 1 saturated carbocycles. The summed E-state index contributed by atoms with van der Waals surface area (Å²) in [6, 6.07) is 6.36. The van der Waals surface area contributed by atoms with Gasteiger partial charge in [-0.25, -0.2) is 0 Å². The first-order chi connectivity index (χ1) is 19.1. The predicted octanol–water partition coefficient (Wildman–Crippen LogP) is 3.28. The number of halogens is 1. The smallest absolute Gasteiger partial charge is 0.245 e. The third kappa shape index (κ3) is 7.98. The van der Waals surface area contributed by atoms with Crippen molar-refractivity contribution in [3.8, 4) is 0 Å². The lowest BCUT2D eigenvalue weighted by molar-refractivity contribution is -0.146. The number of carbonyl (C=O) groups is 3. The van der Waals surface area contributed by atoms with Crippen LogP contribution in [0, 0.1) is 16.7 Å². The van der Waals surface area contributed by atoms with Crippen LogP contribution in [0.25, 0.3) is 0 Å². The zero-order chi connectivity index (χ0) is 28.8. The highest BCUT2D eigenvalue weighted by Gasteiger charge is 2.48. The first kappa shape index (κ1) is 30.8. The summed E-state index contributed by atoms with van der Waals surface area (Å²) in [7, 11) is 0. The molecule has 0 unspecified atom stereocenters. The molecule has 1 aromatic carbocycles. The number of carbonyl (C=O) groups excluding carboxylic acids is 3. The van der Waals surface area contributed by atoms with E-state index in [1.54, 1.807) is 0 Å². The fourth-order valence-corrected chi connectivity index (χ4v) is 6.64. The quantitative estimate of drug-likeness (QED) is 0.382. The van der Waals surface area contributed by atoms with Crippen molar-refractivity contribution < 1.29 is 14.4 Å². The van der Waals surface area contributed by atoms with E-state index in [1.165, 1.54) is 19.3 Å². The molecule has 3 amide bonds. The van der Waals surface area contributed by atoms with Crippen LogP contribution in [0.5, 0.6) is 0 Å². The van der Waals surface area contributed by atoms with Crippen LogP contribution in [-0.2, 0) is 20.8 Å². The average molecular weight is 574 g/mol.